The first-order valence-corrected chi connectivity index (χ1v) is 6.21. The van der Waals surface area contributed by atoms with Crippen molar-refractivity contribution in [3.63, 3.8) is 0 Å². The second kappa shape index (κ2) is 7.43. The number of carbonyl (C=O) groups excluding carboxylic acids is 1. The van der Waals surface area contributed by atoms with Crippen LogP contribution in [0.2, 0.25) is 0 Å². The van der Waals surface area contributed by atoms with Gasteiger partial charge >= 0.3 is 5.97 Å². The average Bonchev–Trinajstić information content (AvgIpc) is 2.43. The first kappa shape index (κ1) is 15.9. The zero-order valence-corrected chi connectivity index (χ0v) is 12.4. The number of hydrogen-bond donors (Lipinski definition) is 0. The zero-order chi connectivity index (χ0) is 15.1. The Kier molecular flexibility index (Phi) is 5.90. The Labute approximate surface area is 119 Å². The van der Waals surface area contributed by atoms with Gasteiger partial charge in [-0.15, -0.1) is 0 Å². The van der Waals surface area contributed by atoms with E-state index in [2.05, 4.69) is 0 Å². The fourth-order valence-electron chi connectivity index (χ4n) is 1.69. The molecule has 0 heterocycles. The van der Waals surface area contributed by atoms with E-state index in [1.54, 1.807) is 33.1 Å². The minimum absolute atomic E-state index is 0.00528. The summed E-state index contributed by atoms with van der Waals surface area (Å²) in [5.41, 5.74) is 0.620. The Hall–Kier alpha value is -2.17. The summed E-state index contributed by atoms with van der Waals surface area (Å²) in [6.07, 6.45) is -0.247. The Bertz CT molecular complexity index is 491. The lowest BCUT2D eigenvalue weighted by molar-refractivity contribution is -0.146. The van der Waals surface area contributed by atoms with E-state index in [9.17, 15) is 4.79 Å². The molecular weight excluding hydrogens is 260 g/mol. The van der Waals surface area contributed by atoms with Gasteiger partial charge in [-0.1, -0.05) is 12.1 Å². The van der Waals surface area contributed by atoms with Crippen LogP contribution >= 0.6 is 0 Å². The van der Waals surface area contributed by atoms with Crippen molar-refractivity contribution in [2.45, 2.75) is 20.0 Å². The first-order chi connectivity index (χ1) is 9.54. The van der Waals surface area contributed by atoms with Gasteiger partial charge in [0.05, 0.1) is 33.0 Å². The number of para-hydroxylation sites is 1. The maximum Gasteiger partial charge on any atom is 0.377 e. The van der Waals surface area contributed by atoms with Crippen LogP contribution in [0.15, 0.2) is 30.0 Å². The third-order valence-electron chi connectivity index (χ3n) is 2.49. The van der Waals surface area contributed by atoms with Gasteiger partial charge in [0, 0.05) is 0 Å². The van der Waals surface area contributed by atoms with Crippen LogP contribution in [-0.4, -0.2) is 33.4 Å². The van der Waals surface area contributed by atoms with Crippen LogP contribution in [0.3, 0.4) is 0 Å². The normalized spacial score (nSPS) is 11.7. The Morgan fingerprint density at radius 3 is 2.20 bits per heavy atom. The van der Waals surface area contributed by atoms with Crippen LogP contribution in [0.25, 0.3) is 5.76 Å². The van der Waals surface area contributed by atoms with E-state index in [0.717, 1.165) is 0 Å². The first-order valence-electron chi connectivity index (χ1n) is 6.21. The predicted molar refractivity (Wildman–Crippen MR) is 75.2 cm³/mol. The molecule has 5 nitrogen and oxygen atoms in total. The summed E-state index contributed by atoms with van der Waals surface area (Å²) in [7, 11) is 4.40. The van der Waals surface area contributed by atoms with Crippen molar-refractivity contribution in [3.8, 4) is 5.75 Å². The van der Waals surface area contributed by atoms with Gasteiger partial charge in [-0.25, -0.2) is 4.79 Å². The highest BCUT2D eigenvalue weighted by molar-refractivity contribution is 5.94. The Morgan fingerprint density at radius 2 is 1.70 bits per heavy atom. The minimum atomic E-state index is -0.578. The predicted octanol–water partition coefficient (Wildman–Crippen LogP) is 2.61. The fourth-order valence-corrected chi connectivity index (χ4v) is 1.69. The van der Waals surface area contributed by atoms with Crippen molar-refractivity contribution in [1.29, 1.82) is 0 Å². The largest absolute Gasteiger partial charge is 0.496 e. The van der Waals surface area contributed by atoms with Crippen molar-refractivity contribution < 1.29 is 23.7 Å². The summed E-state index contributed by atoms with van der Waals surface area (Å²) in [4.78, 5) is 12.0. The molecule has 0 spiro atoms. The number of rotatable bonds is 6. The molecule has 0 unspecified atom stereocenters. The molecule has 0 aliphatic rings. The second-order valence-corrected chi connectivity index (χ2v) is 4.22. The summed E-state index contributed by atoms with van der Waals surface area (Å²) >= 11 is 0. The van der Waals surface area contributed by atoms with E-state index in [1.165, 1.54) is 14.2 Å². The van der Waals surface area contributed by atoms with Crippen molar-refractivity contribution in [2.24, 2.45) is 0 Å². The summed E-state index contributed by atoms with van der Waals surface area (Å²) < 4.78 is 20.9. The van der Waals surface area contributed by atoms with Gasteiger partial charge in [-0.3, -0.25) is 0 Å². The maximum absolute atomic E-state index is 12.0. The van der Waals surface area contributed by atoms with Gasteiger partial charge in [-0.2, -0.15) is 0 Å². The third kappa shape index (κ3) is 3.66. The van der Waals surface area contributed by atoms with Crippen molar-refractivity contribution >= 4 is 11.7 Å². The van der Waals surface area contributed by atoms with Crippen LogP contribution in [0.1, 0.15) is 19.4 Å². The molecule has 1 aromatic carbocycles. The topological polar surface area (TPSA) is 54.0 Å². The quantitative estimate of drug-likeness (QED) is 0.455. The number of hydrogen-bond acceptors (Lipinski definition) is 5. The van der Waals surface area contributed by atoms with Crippen molar-refractivity contribution in [2.75, 3.05) is 21.3 Å². The summed E-state index contributed by atoms with van der Waals surface area (Å²) in [6, 6.07) is 7.20. The highest BCUT2D eigenvalue weighted by Crippen LogP contribution is 2.29. The molecule has 5 heteroatoms. The Balaban J connectivity index is 3.31. The van der Waals surface area contributed by atoms with Gasteiger partial charge in [-0.05, 0) is 26.0 Å². The maximum atomic E-state index is 12.0. The average molecular weight is 280 g/mol. The van der Waals surface area contributed by atoms with Crippen LogP contribution in [-0.2, 0) is 19.0 Å². The molecule has 20 heavy (non-hydrogen) atoms. The van der Waals surface area contributed by atoms with Crippen LogP contribution in [0.4, 0.5) is 0 Å². The molecule has 0 aromatic heterocycles. The van der Waals surface area contributed by atoms with E-state index in [-0.39, 0.29) is 17.6 Å². The molecule has 0 amide bonds. The molecule has 0 aliphatic carbocycles. The van der Waals surface area contributed by atoms with Crippen molar-refractivity contribution in [3.05, 3.63) is 35.6 Å². The van der Waals surface area contributed by atoms with E-state index in [1.807, 2.05) is 12.1 Å². The van der Waals surface area contributed by atoms with Gasteiger partial charge in [0.2, 0.25) is 5.76 Å². The van der Waals surface area contributed by atoms with Gasteiger partial charge in [0.1, 0.15) is 5.75 Å². The van der Waals surface area contributed by atoms with Gasteiger partial charge < -0.3 is 18.9 Å². The van der Waals surface area contributed by atoms with Gasteiger partial charge in [0.25, 0.3) is 0 Å². The molecule has 1 rings (SSSR count). The van der Waals surface area contributed by atoms with E-state index in [4.69, 9.17) is 18.9 Å². The lowest BCUT2D eigenvalue weighted by Gasteiger charge is -2.16. The number of carbonyl (C=O) groups is 1. The molecular formula is C15H20O5. The molecule has 1 aromatic rings. The molecule has 0 saturated carbocycles. The van der Waals surface area contributed by atoms with Crippen molar-refractivity contribution in [1.82, 2.24) is 0 Å². The SMILES string of the molecule is COC(C(=O)OC(C)C)=C(OC)c1ccccc1OC. The molecule has 0 aliphatic heterocycles. The molecule has 0 radical (unpaired) electrons. The van der Waals surface area contributed by atoms with E-state index < -0.39 is 5.97 Å². The zero-order valence-electron chi connectivity index (χ0n) is 12.4. The number of benzene rings is 1. The number of ether oxygens (including phenoxy) is 4. The lowest BCUT2D eigenvalue weighted by atomic mass is 10.1. The lowest BCUT2D eigenvalue weighted by Crippen LogP contribution is -2.17. The molecule has 110 valence electrons. The highest BCUT2D eigenvalue weighted by atomic mass is 16.6. The van der Waals surface area contributed by atoms with E-state index >= 15 is 0 Å². The summed E-state index contributed by atoms with van der Waals surface area (Å²) in [5.74, 6) is 0.280. The van der Waals surface area contributed by atoms with Crippen LogP contribution in [0.5, 0.6) is 5.75 Å². The summed E-state index contributed by atoms with van der Waals surface area (Å²) in [5, 5.41) is 0. The minimum Gasteiger partial charge on any atom is -0.496 e. The smallest absolute Gasteiger partial charge is 0.377 e. The number of methoxy groups -OCH3 is 3. The standard InChI is InChI=1S/C15H20O5/c1-10(2)20-15(16)14(19-5)13(18-4)11-8-6-7-9-12(11)17-3/h6-10H,1-5H3. The molecule has 0 atom stereocenters. The Morgan fingerprint density at radius 1 is 1.05 bits per heavy atom. The third-order valence-corrected chi connectivity index (χ3v) is 2.49. The molecule has 0 bridgehead atoms. The fraction of sp³-hybridized carbons (Fsp3) is 0.400. The highest BCUT2D eigenvalue weighted by Gasteiger charge is 2.23. The molecule has 0 saturated heterocycles. The van der Waals surface area contributed by atoms with E-state index in [0.29, 0.717) is 11.3 Å². The molecule has 0 N–H and O–H groups in total. The molecule has 0 fully saturated rings. The van der Waals surface area contributed by atoms with Gasteiger partial charge in [0.15, 0.2) is 5.76 Å². The second-order valence-electron chi connectivity index (χ2n) is 4.22. The van der Waals surface area contributed by atoms with Crippen LogP contribution in [0, 0.1) is 0 Å². The summed E-state index contributed by atoms with van der Waals surface area (Å²) in [6.45, 7) is 3.53. The number of esters is 1. The monoisotopic (exact) mass is 280 g/mol. The van der Waals surface area contributed by atoms with Crippen LogP contribution < -0.4 is 4.74 Å².